The molecule has 0 amide bonds. The SMILES string of the molecule is COC(=O)c1ccc(Nc2cc(C)nc(Nc3cc(Cl)ccc3C)n2)cc1. The Morgan fingerprint density at radius 1 is 1.00 bits per heavy atom. The number of rotatable bonds is 5. The maximum Gasteiger partial charge on any atom is 0.337 e. The lowest BCUT2D eigenvalue weighted by Gasteiger charge is -2.12. The molecule has 0 atom stereocenters. The average Bonchev–Trinajstić information content (AvgIpc) is 2.64. The highest BCUT2D eigenvalue weighted by atomic mass is 35.5. The maximum atomic E-state index is 11.5. The number of aryl methyl sites for hydroxylation is 2. The number of benzene rings is 2. The van der Waals surface area contributed by atoms with Crippen LogP contribution in [0.3, 0.4) is 0 Å². The highest BCUT2D eigenvalue weighted by molar-refractivity contribution is 6.30. The Kier molecular flexibility index (Phi) is 5.57. The van der Waals surface area contributed by atoms with Crippen molar-refractivity contribution < 1.29 is 9.53 Å². The fourth-order valence-electron chi connectivity index (χ4n) is 2.49. The summed E-state index contributed by atoms with van der Waals surface area (Å²) in [7, 11) is 1.36. The van der Waals surface area contributed by atoms with E-state index in [1.165, 1.54) is 7.11 Å². The zero-order chi connectivity index (χ0) is 19.4. The number of carbonyl (C=O) groups is 1. The molecule has 0 saturated carbocycles. The van der Waals surface area contributed by atoms with E-state index in [2.05, 4.69) is 20.6 Å². The van der Waals surface area contributed by atoms with E-state index in [4.69, 9.17) is 16.3 Å². The number of ether oxygens (including phenoxy) is 1. The minimum absolute atomic E-state index is 0.372. The van der Waals surface area contributed by atoms with Crippen LogP contribution in [0.2, 0.25) is 5.02 Å². The summed E-state index contributed by atoms with van der Waals surface area (Å²) in [5.41, 5.74) is 3.98. The number of hydrogen-bond acceptors (Lipinski definition) is 6. The Bertz CT molecular complexity index is 974. The molecule has 3 rings (SSSR count). The summed E-state index contributed by atoms with van der Waals surface area (Å²) in [5.74, 6) is 0.729. The summed E-state index contributed by atoms with van der Waals surface area (Å²) in [6, 6.07) is 14.4. The molecular formula is C20H19ClN4O2. The van der Waals surface area contributed by atoms with E-state index in [1.54, 1.807) is 24.3 Å². The zero-order valence-corrected chi connectivity index (χ0v) is 16.0. The van der Waals surface area contributed by atoms with Crippen molar-refractivity contribution in [1.29, 1.82) is 0 Å². The number of aromatic nitrogens is 2. The molecule has 7 heteroatoms. The van der Waals surface area contributed by atoms with Crippen LogP contribution in [0.5, 0.6) is 0 Å². The molecule has 138 valence electrons. The number of carbonyl (C=O) groups excluding carboxylic acids is 1. The molecular weight excluding hydrogens is 364 g/mol. The number of hydrogen-bond donors (Lipinski definition) is 2. The fraction of sp³-hybridized carbons (Fsp3) is 0.150. The van der Waals surface area contributed by atoms with E-state index < -0.39 is 0 Å². The van der Waals surface area contributed by atoms with Gasteiger partial charge < -0.3 is 15.4 Å². The lowest BCUT2D eigenvalue weighted by Crippen LogP contribution is -2.04. The third kappa shape index (κ3) is 4.74. The van der Waals surface area contributed by atoms with Crippen LogP contribution < -0.4 is 10.6 Å². The number of anilines is 4. The number of nitrogens with zero attached hydrogens (tertiary/aromatic N) is 2. The van der Waals surface area contributed by atoms with Gasteiger partial charge >= 0.3 is 5.97 Å². The Morgan fingerprint density at radius 2 is 1.74 bits per heavy atom. The van der Waals surface area contributed by atoms with Gasteiger partial charge in [0, 0.05) is 28.2 Å². The third-order valence-electron chi connectivity index (χ3n) is 3.88. The Balaban J connectivity index is 1.81. The number of methoxy groups -OCH3 is 1. The van der Waals surface area contributed by atoms with Crippen molar-refractivity contribution in [1.82, 2.24) is 9.97 Å². The summed E-state index contributed by atoms with van der Waals surface area (Å²) in [4.78, 5) is 20.4. The van der Waals surface area contributed by atoms with Crippen LogP contribution in [-0.4, -0.2) is 23.0 Å². The largest absolute Gasteiger partial charge is 0.465 e. The third-order valence-corrected chi connectivity index (χ3v) is 4.11. The van der Waals surface area contributed by atoms with E-state index in [-0.39, 0.29) is 5.97 Å². The molecule has 0 unspecified atom stereocenters. The topological polar surface area (TPSA) is 76.1 Å². The lowest BCUT2D eigenvalue weighted by atomic mass is 10.2. The van der Waals surface area contributed by atoms with Crippen molar-refractivity contribution >= 4 is 40.7 Å². The summed E-state index contributed by atoms with van der Waals surface area (Å²) in [6.45, 7) is 3.87. The minimum atomic E-state index is -0.372. The van der Waals surface area contributed by atoms with Gasteiger partial charge in [-0.25, -0.2) is 9.78 Å². The predicted molar refractivity (Wildman–Crippen MR) is 107 cm³/mol. The van der Waals surface area contributed by atoms with Gasteiger partial charge in [-0.15, -0.1) is 0 Å². The molecule has 2 aromatic carbocycles. The predicted octanol–water partition coefficient (Wildman–Crippen LogP) is 5.02. The zero-order valence-electron chi connectivity index (χ0n) is 15.2. The van der Waals surface area contributed by atoms with Gasteiger partial charge in [0.05, 0.1) is 12.7 Å². The quantitative estimate of drug-likeness (QED) is 0.603. The average molecular weight is 383 g/mol. The van der Waals surface area contributed by atoms with Gasteiger partial charge in [-0.05, 0) is 55.8 Å². The minimum Gasteiger partial charge on any atom is -0.465 e. The van der Waals surface area contributed by atoms with Crippen molar-refractivity contribution in [2.75, 3.05) is 17.7 Å². The molecule has 0 fully saturated rings. The second-order valence-electron chi connectivity index (χ2n) is 6.00. The lowest BCUT2D eigenvalue weighted by molar-refractivity contribution is 0.0601. The van der Waals surface area contributed by atoms with Crippen molar-refractivity contribution in [3.63, 3.8) is 0 Å². The van der Waals surface area contributed by atoms with Crippen LogP contribution in [-0.2, 0) is 4.74 Å². The molecule has 27 heavy (non-hydrogen) atoms. The van der Waals surface area contributed by atoms with Gasteiger partial charge in [0.25, 0.3) is 0 Å². The summed E-state index contributed by atoms with van der Waals surface area (Å²) in [5, 5.41) is 7.05. The van der Waals surface area contributed by atoms with Gasteiger partial charge in [-0.2, -0.15) is 4.98 Å². The Labute approximate surface area is 162 Å². The molecule has 0 bridgehead atoms. The van der Waals surface area contributed by atoms with E-state index in [0.29, 0.717) is 22.4 Å². The van der Waals surface area contributed by atoms with Crippen LogP contribution in [0.15, 0.2) is 48.5 Å². The number of esters is 1. The molecule has 1 heterocycles. The standard InChI is InChI=1S/C20H19ClN4O2/c1-12-4-7-15(21)11-17(12)24-20-22-13(2)10-18(25-20)23-16-8-5-14(6-9-16)19(26)27-3/h4-11H,1-3H3,(H2,22,23,24,25). The second-order valence-corrected chi connectivity index (χ2v) is 6.43. The first-order valence-corrected chi connectivity index (χ1v) is 8.66. The summed E-state index contributed by atoms with van der Waals surface area (Å²) < 4.78 is 4.70. The van der Waals surface area contributed by atoms with E-state index in [0.717, 1.165) is 22.6 Å². The van der Waals surface area contributed by atoms with Crippen LogP contribution in [0, 0.1) is 13.8 Å². The molecule has 0 aliphatic carbocycles. The number of halogens is 1. The molecule has 3 aromatic rings. The first-order valence-electron chi connectivity index (χ1n) is 8.29. The molecule has 0 spiro atoms. The fourth-order valence-corrected chi connectivity index (χ4v) is 2.67. The van der Waals surface area contributed by atoms with Gasteiger partial charge in [-0.3, -0.25) is 0 Å². The van der Waals surface area contributed by atoms with Crippen molar-refractivity contribution in [3.05, 3.63) is 70.4 Å². The van der Waals surface area contributed by atoms with Gasteiger partial charge in [-0.1, -0.05) is 17.7 Å². The molecule has 0 aliphatic heterocycles. The van der Waals surface area contributed by atoms with E-state index in [9.17, 15) is 4.79 Å². The summed E-state index contributed by atoms with van der Waals surface area (Å²) >= 11 is 6.07. The molecule has 0 saturated heterocycles. The second kappa shape index (κ2) is 8.05. The van der Waals surface area contributed by atoms with Gasteiger partial charge in [0.2, 0.25) is 5.95 Å². The highest BCUT2D eigenvalue weighted by Gasteiger charge is 2.08. The van der Waals surface area contributed by atoms with Crippen LogP contribution in [0.4, 0.5) is 23.1 Å². The van der Waals surface area contributed by atoms with Crippen LogP contribution in [0.25, 0.3) is 0 Å². The van der Waals surface area contributed by atoms with Gasteiger partial charge in [0.15, 0.2) is 0 Å². The maximum absolute atomic E-state index is 11.5. The molecule has 2 N–H and O–H groups in total. The van der Waals surface area contributed by atoms with Crippen molar-refractivity contribution in [2.45, 2.75) is 13.8 Å². The van der Waals surface area contributed by atoms with E-state index in [1.807, 2.05) is 38.1 Å². The highest BCUT2D eigenvalue weighted by Crippen LogP contribution is 2.24. The molecule has 6 nitrogen and oxygen atoms in total. The van der Waals surface area contributed by atoms with Crippen LogP contribution >= 0.6 is 11.6 Å². The smallest absolute Gasteiger partial charge is 0.337 e. The van der Waals surface area contributed by atoms with Crippen LogP contribution in [0.1, 0.15) is 21.6 Å². The van der Waals surface area contributed by atoms with E-state index >= 15 is 0 Å². The summed E-state index contributed by atoms with van der Waals surface area (Å²) in [6.07, 6.45) is 0. The van der Waals surface area contributed by atoms with Gasteiger partial charge in [0.1, 0.15) is 5.82 Å². The normalized spacial score (nSPS) is 10.4. The molecule has 0 aliphatic rings. The first-order chi connectivity index (χ1) is 12.9. The Morgan fingerprint density at radius 3 is 2.44 bits per heavy atom. The molecule has 1 aromatic heterocycles. The number of nitrogens with one attached hydrogen (secondary N) is 2. The monoisotopic (exact) mass is 382 g/mol. The van der Waals surface area contributed by atoms with Crippen molar-refractivity contribution in [2.24, 2.45) is 0 Å². The first kappa shape index (κ1) is 18.7. The van der Waals surface area contributed by atoms with Crippen molar-refractivity contribution in [3.8, 4) is 0 Å². The Hall–Kier alpha value is -3.12. The molecule has 0 radical (unpaired) electrons.